The summed E-state index contributed by atoms with van der Waals surface area (Å²) in [5.41, 5.74) is 1.84. The van der Waals surface area contributed by atoms with Crippen molar-refractivity contribution in [2.24, 2.45) is 0 Å². The second kappa shape index (κ2) is 6.95. The number of hydrogen-bond donors (Lipinski definition) is 1. The molecule has 0 radical (unpaired) electrons. The molecule has 0 saturated carbocycles. The molecule has 19 heavy (non-hydrogen) atoms. The van der Waals surface area contributed by atoms with Gasteiger partial charge in [-0.3, -0.25) is 0 Å². The fourth-order valence-electron chi connectivity index (χ4n) is 1.83. The summed E-state index contributed by atoms with van der Waals surface area (Å²) < 4.78 is 11.2. The van der Waals surface area contributed by atoms with Crippen molar-refractivity contribution in [1.82, 2.24) is 10.5 Å². The molecule has 4 nitrogen and oxygen atoms in total. The van der Waals surface area contributed by atoms with E-state index in [1.54, 1.807) is 0 Å². The minimum Gasteiger partial charge on any atom is -0.493 e. The van der Waals surface area contributed by atoms with Gasteiger partial charge in [0.15, 0.2) is 5.76 Å². The first-order chi connectivity index (χ1) is 9.35. The topological polar surface area (TPSA) is 47.3 Å². The molecule has 0 saturated heterocycles. The molecule has 0 bridgehead atoms. The predicted octanol–water partition coefficient (Wildman–Crippen LogP) is 3.24. The Morgan fingerprint density at radius 3 is 2.95 bits per heavy atom. The van der Waals surface area contributed by atoms with E-state index in [9.17, 15) is 0 Å². The van der Waals surface area contributed by atoms with Crippen molar-refractivity contribution in [2.45, 2.75) is 26.3 Å². The van der Waals surface area contributed by atoms with Crippen molar-refractivity contribution in [3.8, 4) is 17.1 Å². The molecule has 2 aromatic rings. The molecule has 0 aliphatic rings. The highest BCUT2D eigenvalue weighted by atomic mass is 16.5. The number of para-hydroxylation sites is 1. The van der Waals surface area contributed by atoms with Crippen molar-refractivity contribution >= 4 is 0 Å². The molecule has 0 unspecified atom stereocenters. The predicted molar refractivity (Wildman–Crippen MR) is 75.1 cm³/mol. The van der Waals surface area contributed by atoms with Gasteiger partial charge in [0.25, 0.3) is 0 Å². The fourth-order valence-corrected chi connectivity index (χ4v) is 1.83. The largest absolute Gasteiger partial charge is 0.493 e. The number of rotatable bonds is 7. The molecule has 2 rings (SSSR count). The summed E-state index contributed by atoms with van der Waals surface area (Å²) in [4.78, 5) is 0. The Labute approximate surface area is 113 Å². The number of unbranched alkanes of at least 4 members (excludes halogenated alkanes) is 1. The van der Waals surface area contributed by atoms with Crippen LogP contribution in [0.3, 0.4) is 0 Å². The van der Waals surface area contributed by atoms with Gasteiger partial charge in [0, 0.05) is 12.6 Å². The standard InChI is InChI=1S/C15H20N2O2/c1-3-4-9-18-14-8-6-5-7-13(14)15-10-12(11-16-2)17-19-15/h5-8,10,16H,3-4,9,11H2,1-2H3. The summed E-state index contributed by atoms with van der Waals surface area (Å²) in [6, 6.07) is 9.84. The Morgan fingerprint density at radius 1 is 1.32 bits per heavy atom. The third kappa shape index (κ3) is 3.58. The van der Waals surface area contributed by atoms with Crippen LogP contribution < -0.4 is 10.1 Å². The SMILES string of the molecule is CCCCOc1ccccc1-c1cc(CNC)no1. The van der Waals surface area contributed by atoms with E-state index in [1.165, 1.54) is 0 Å². The van der Waals surface area contributed by atoms with Gasteiger partial charge in [-0.25, -0.2) is 0 Å². The van der Waals surface area contributed by atoms with Gasteiger partial charge < -0.3 is 14.6 Å². The van der Waals surface area contributed by atoms with E-state index in [2.05, 4.69) is 17.4 Å². The maximum absolute atomic E-state index is 5.80. The average Bonchev–Trinajstić information content (AvgIpc) is 2.89. The van der Waals surface area contributed by atoms with Gasteiger partial charge in [-0.2, -0.15) is 0 Å². The van der Waals surface area contributed by atoms with Crippen LogP contribution in [-0.4, -0.2) is 18.8 Å². The first-order valence-corrected chi connectivity index (χ1v) is 6.67. The van der Waals surface area contributed by atoms with Gasteiger partial charge in [0.05, 0.1) is 17.9 Å². The van der Waals surface area contributed by atoms with Crippen LogP contribution in [0.4, 0.5) is 0 Å². The molecular weight excluding hydrogens is 240 g/mol. The lowest BCUT2D eigenvalue weighted by Crippen LogP contribution is -2.04. The molecule has 0 spiro atoms. The van der Waals surface area contributed by atoms with E-state index in [0.29, 0.717) is 6.54 Å². The van der Waals surface area contributed by atoms with Crippen molar-refractivity contribution in [3.63, 3.8) is 0 Å². The van der Waals surface area contributed by atoms with Gasteiger partial charge in [0.2, 0.25) is 0 Å². The summed E-state index contributed by atoms with van der Waals surface area (Å²) in [6.07, 6.45) is 2.17. The van der Waals surface area contributed by atoms with Gasteiger partial charge in [-0.1, -0.05) is 30.6 Å². The van der Waals surface area contributed by atoms with Crippen LogP contribution in [0.15, 0.2) is 34.9 Å². The van der Waals surface area contributed by atoms with Crippen LogP contribution >= 0.6 is 0 Å². The van der Waals surface area contributed by atoms with E-state index in [0.717, 1.165) is 42.2 Å². The van der Waals surface area contributed by atoms with Crippen LogP contribution in [0.5, 0.6) is 5.75 Å². The van der Waals surface area contributed by atoms with Crippen LogP contribution in [-0.2, 0) is 6.54 Å². The van der Waals surface area contributed by atoms with Crippen LogP contribution in [0.25, 0.3) is 11.3 Å². The maximum Gasteiger partial charge on any atom is 0.170 e. The summed E-state index contributed by atoms with van der Waals surface area (Å²) in [6.45, 7) is 3.57. The summed E-state index contributed by atoms with van der Waals surface area (Å²) in [5, 5.41) is 7.08. The quantitative estimate of drug-likeness (QED) is 0.776. The van der Waals surface area contributed by atoms with Crippen molar-refractivity contribution < 1.29 is 9.26 Å². The average molecular weight is 260 g/mol. The molecule has 102 valence electrons. The highest BCUT2D eigenvalue weighted by molar-refractivity contribution is 5.65. The smallest absolute Gasteiger partial charge is 0.170 e. The van der Waals surface area contributed by atoms with Crippen LogP contribution in [0, 0.1) is 0 Å². The molecule has 1 N–H and O–H groups in total. The van der Waals surface area contributed by atoms with Gasteiger partial charge in [0.1, 0.15) is 5.75 Å². The monoisotopic (exact) mass is 260 g/mol. The van der Waals surface area contributed by atoms with Gasteiger partial charge >= 0.3 is 0 Å². The van der Waals surface area contributed by atoms with Crippen molar-refractivity contribution in [3.05, 3.63) is 36.0 Å². The van der Waals surface area contributed by atoms with Crippen molar-refractivity contribution in [1.29, 1.82) is 0 Å². The van der Waals surface area contributed by atoms with E-state index in [1.807, 2.05) is 37.4 Å². The van der Waals surface area contributed by atoms with E-state index >= 15 is 0 Å². The highest BCUT2D eigenvalue weighted by Crippen LogP contribution is 2.30. The molecule has 0 amide bonds. The fraction of sp³-hybridized carbons (Fsp3) is 0.400. The zero-order valence-corrected chi connectivity index (χ0v) is 11.5. The molecule has 1 heterocycles. The lowest BCUT2D eigenvalue weighted by Gasteiger charge is -2.08. The molecule has 0 aliphatic carbocycles. The number of nitrogens with one attached hydrogen (secondary N) is 1. The zero-order valence-electron chi connectivity index (χ0n) is 11.5. The lowest BCUT2D eigenvalue weighted by atomic mass is 10.1. The number of ether oxygens (including phenoxy) is 1. The van der Waals surface area contributed by atoms with Gasteiger partial charge in [-0.15, -0.1) is 0 Å². The highest BCUT2D eigenvalue weighted by Gasteiger charge is 2.11. The van der Waals surface area contributed by atoms with E-state index in [4.69, 9.17) is 9.26 Å². The van der Waals surface area contributed by atoms with E-state index < -0.39 is 0 Å². The van der Waals surface area contributed by atoms with Crippen LogP contribution in [0.2, 0.25) is 0 Å². The number of nitrogens with zero attached hydrogens (tertiary/aromatic N) is 1. The van der Waals surface area contributed by atoms with E-state index in [-0.39, 0.29) is 0 Å². The second-order valence-electron chi connectivity index (χ2n) is 4.41. The maximum atomic E-state index is 5.80. The summed E-state index contributed by atoms with van der Waals surface area (Å²) in [5.74, 6) is 1.60. The molecule has 4 heteroatoms. The Bertz CT molecular complexity index is 508. The number of benzene rings is 1. The van der Waals surface area contributed by atoms with Crippen LogP contribution in [0.1, 0.15) is 25.5 Å². The first-order valence-electron chi connectivity index (χ1n) is 6.67. The number of hydrogen-bond acceptors (Lipinski definition) is 4. The zero-order chi connectivity index (χ0) is 13.5. The Hall–Kier alpha value is -1.81. The lowest BCUT2D eigenvalue weighted by molar-refractivity contribution is 0.309. The minimum absolute atomic E-state index is 0.697. The number of aromatic nitrogens is 1. The summed E-state index contributed by atoms with van der Waals surface area (Å²) in [7, 11) is 1.89. The molecule has 0 fully saturated rings. The summed E-state index contributed by atoms with van der Waals surface area (Å²) >= 11 is 0. The Morgan fingerprint density at radius 2 is 2.16 bits per heavy atom. The molecule has 0 aliphatic heterocycles. The minimum atomic E-state index is 0.697. The molecular formula is C15H20N2O2. The van der Waals surface area contributed by atoms with Crippen molar-refractivity contribution in [2.75, 3.05) is 13.7 Å². The normalized spacial score (nSPS) is 10.6. The Kier molecular flexibility index (Phi) is 4.98. The molecule has 1 aromatic heterocycles. The first kappa shape index (κ1) is 13.6. The third-order valence-corrected chi connectivity index (χ3v) is 2.82. The molecule has 1 aromatic carbocycles. The Balaban J connectivity index is 2.17. The van der Waals surface area contributed by atoms with Gasteiger partial charge in [-0.05, 0) is 25.6 Å². The second-order valence-corrected chi connectivity index (χ2v) is 4.41. The third-order valence-electron chi connectivity index (χ3n) is 2.82. The molecule has 0 atom stereocenters.